The van der Waals surface area contributed by atoms with Crippen molar-refractivity contribution in [2.75, 3.05) is 0 Å². The number of hydrogen-bond acceptors (Lipinski definition) is 3. The molecule has 19 heavy (non-hydrogen) atoms. The van der Waals surface area contributed by atoms with Crippen LogP contribution in [-0.4, -0.2) is 0 Å². The average Bonchev–Trinajstić information content (AvgIpc) is 2.88. The van der Waals surface area contributed by atoms with Crippen molar-refractivity contribution in [2.24, 2.45) is 11.8 Å². The van der Waals surface area contributed by atoms with Gasteiger partial charge < -0.3 is 0 Å². The lowest BCUT2D eigenvalue weighted by Crippen LogP contribution is -2.29. The van der Waals surface area contributed by atoms with E-state index in [4.69, 9.17) is 5.84 Å². The van der Waals surface area contributed by atoms with Crippen LogP contribution in [0.4, 0.5) is 0 Å². The molecule has 0 radical (unpaired) electrons. The molecule has 3 heteroatoms. The minimum Gasteiger partial charge on any atom is -0.271 e. The fraction of sp³-hybridized carbons (Fsp3) is 0.375. The summed E-state index contributed by atoms with van der Waals surface area (Å²) in [5.41, 5.74) is 6.93. The average molecular weight is 274 g/mol. The van der Waals surface area contributed by atoms with Crippen LogP contribution in [0.15, 0.2) is 41.1 Å². The van der Waals surface area contributed by atoms with Crippen molar-refractivity contribution in [3.63, 3.8) is 0 Å². The first-order chi connectivity index (χ1) is 9.19. The van der Waals surface area contributed by atoms with E-state index in [0.29, 0.717) is 5.92 Å². The fourth-order valence-electron chi connectivity index (χ4n) is 2.33. The van der Waals surface area contributed by atoms with E-state index in [0.717, 1.165) is 12.8 Å². The third kappa shape index (κ3) is 4.16. The Morgan fingerprint density at radius 2 is 2.00 bits per heavy atom. The Morgan fingerprint density at radius 1 is 1.16 bits per heavy atom. The summed E-state index contributed by atoms with van der Waals surface area (Å²) in [5.74, 6) is 6.40. The molecule has 0 fully saturated rings. The van der Waals surface area contributed by atoms with Crippen LogP contribution >= 0.6 is 11.3 Å². The van der Waals surface area contributed by atoms with E-state index in [9.17, 15) is 0 Å². The molecule has 0 bridgehead atoms. The Hall–Kier alpha value is -1.16. The van der Waals surface area contributed by atoms with Crippen LogP contribution < -0.4 is 11.3 Å². The lowest BCUT2D eigenvalue weighted by Gasteiger charge is -2.17. The van der Waals surface area contributed by atoms with Crippen LogP contribution in [0.3, 0.4) is 0 Å². The van der Waals surface area contributed by atoms with Crippen LogP contribution in [0.2, 0.25) is 0 Å². The number of hydrogen-bond donors (Lipinski definition) is 2. The number of thiophene rings is 1. The van der Waals surface area contributed by atoms with Gasteiger partial charge in [0.25, 0.3) is 0 Å². The molecule has 0 amide bonds. The molecule has 102 valence electrons. The van der Waals surface area contributed by atoms with E-state index in [1.165, 1.54) is 16.7 Å². The van der Waals surface area contributed by atoms with Crippen LogP contribution in [0.5, 0.6) is 0 Å². The molecule has 3 N–H and O–H groups in total. The summed E-state index contributed by atoms with van der Waals surface area (Å²) in [5, 5.41) is 4.29. The Balaban J connectivity index is 2.13. The Morgan fingerprint density at radius 3 is 2.63 bits per heavy atom. The molecule has 1 heterocycles. The molecule has 0 saturated heterocycles. The molecular formula is C16H22N2S. The second-order valence-corrected chi connectivity index (χ2v) is 6.18. The largest absolute Gasteiger partial charge is 0.271 e. The van der Waals surface area contributed by atoms with Crippen molar-refractivity contribution in [2.45, 2.75) is 32.7 Å². The van der Waals surface area contributed by atoms with E-state index in [1.54, 1.807) is 11.3 Å². The van der Waals surface area contributed by atoms with Gasteiger partial charge in [-0.2, -0.15) is 11.3 Å². The van der Waals surface area contributed by atoms with Gasteiger partial charge >= 0.3 is 0 Å². The predicted octanol–water partition coefficient (Wildman–Crippen LogP) is 3.69. The SMILES string of the molecule is CC(C)Cc1cccc(C(Cc2ccsc2)NN)c1. The number of nitrogens with two attached hydrogens (primary N) is 1. The highest BCUT2D eigenvalue weighted by atomic mass is 32.1. The molecule has 2 aromatic rings. The number of rotatable bonds is 6. The molecule has 1 atom stereocenters. The molecule has 1 aromatic heterocycles. The molecule has 0 spiro atoms. The molecule has 0 aliphatic rings. The van der Waals surface area contributed by atoms with Gasteiger partial charge in [0.15, 0.2) is 0 Å². The second-order valence-electron chi connectivity index (χ2n) is 5.40. The zero-order valence-corrected chi connectivity index (χ0v) is 12.4. The summed E-state index contributed by atoms with van der Waals surface area (Å²) in [6.45, 7) is 4.49. The molecule has 0 saturated carbocycles. The van der Waals surface area contributed by atoms with Gasteiger partial charge in [-0.3, -0.25) is 11.3 Å². The summed E-state index contributed by atoms with van der Waals surface area (Å²) >= 11 is 1.73. The molecule has 2 rings (SSSR count). The molecule has 1 aromatic carbocycles. The minimum atomic E-state index is 0.182. The van der Waals surface area contributed by atoms with E-state index in [2.05, 4.69) is 60.4 Å². The minimum absolute atomic E-state index is 0.182. The van der Waals surface area contributed by atoms with E-state index in [1.807, 2.05) is 0 Å². The fourth-order valence-corrected chi connectivity index (χ4v) is 3.01. The van der Waals surface area contributed by atoms with Crippen molar-refractivity contribution in [1.29, 1.82) is 0 Å². The van der Waals surface area contributed by atoms with Gasteiger partial charge in [0.2, 0.25) is 0 Å². The maximum atomic E-state index is 5.73. The molecule has 2 nitrogen and oxygen atoms in total. The Labute approximate surface area is 119 Å². The van der Waals surface area contributed by atoms with Gasteiger partial charge in [0.1, 0.15) is 0 Å². The van der Waals surface area contributed by atoms with Crippen LogP contribution in [-0.2, 0) is 12.8 Å². The summed E-state index contributed by atoms with van der Waals surface area (Å²) in [6, 6.07) is 11.1. The summed E-state index contributed by atoms with van der Waals surface area (Å²) in [4.78, 5) is 0. The number of nitrogens with one attached hydrogen (secondary N) is 1. The summed E-state index contributed by atoms with van der Waals surface area (Å²) in [7, 11) is 0. The van der Waals surface area contributed by atoms with Crippen molar-refractivity contribution in [1.82, 2.24) is 5.43 Å². The second kappa shape index (κ2) is 6.85. The summed E-state index contributed by atoms with van der Waals surface area (Å²) in [6.07, 6.45) is 2.05. The van der Waals surface area contributed by atoms with Crippen LogP contribution in [0, 0.1) is 5.92 Å². The third-order valence-electron chi connectivity index (χ3n) is 3.22. The van der Waals surface area contributed by atoms with Crippen molar-refractivity contribution < 1.29 is 0 Å². The maximum Gasteiger partial charge on any atom is 0.0500 e. The summed E-state index contributed by atoms with van der Waals surface area (Å²) < 4.78 is 0. The first kappa shape index (κ1) is 14.3. The molecule has 1 unspecified atom stereocenters. The van der Waals surface area contributed by atoms with Gasteiger partial charge in [-0.15, -0.1) is 0 Å². The lowest BCUT2D eigenvalue weighted by atomic mass is 9.96. The lowest BCUT2D eigenvalue weighted by molar-refractivity contribution is 0.551. The maximum absolute atomic E-state index is 5.73. The predicted molar refractivity (Wildman–Crippen MR) is 83.1 cm³/mol. The van der Waals surface area contributed by atoms with Gasteiger partial charge in [0, 0.05) is 0 Å². The van der Waals surface area contributed by atoms with E-state index < -0.39 is 0 Å². The molecule has 0 aliphatic carbocycles. The van der Waals surface area contributed by atoms with Crippen LogP contribution in [0.25, 0.3) is 0 Å². The van der Waals surface area contributed by atoms with E-state index in [-0.39, 0.29) is 6.04 Å². The zero-order valence-electron chi connectivity index (χ0n) is 11.6. The van der Waals surface area contributed by atoms with Gasteiger partial charge in [-0.25, -0.2) is 0 Å². The van der Waals surface area contributed by atoms with Crippen LogP contribution in [0.1, 0.15) is 36.6 Å². The number of benzene rings is 1. The normalized spacial score (nSPS) is 12.8. The monoisotopic (exact) mass is 274 g/mol. The van der Waals surface area contributed by atoms with Crippen molar-refractivity contribution in [3.05, 3.63) is 57.8 Å². The van der Waals surface area contributed by atoms with E-state index >= 15 is 0 Å². The molecule has 0 aliphatic heterocycles. The van der Waals surface area contributed by atoms with Gasteiger partial charge in [-0.05, 0) is 52.3 Å². The van der Waals surface area contributed by atoms with Gasteiger partial charge in [-0.1, -0.05) is 38.1 Å². The van der Waals surface area contributed by atoms with Crippen molar-refractivity contribution in [3.8, 4) is 0 Å². The molecular weight excluding hydrogens is 252 g/mol. The smallest absolute Gasteiger partial charge is 0.0500 e. The highest BCUT2D eigenvalue weighted by Gasteiger charge is 2.11. The third-order valence-corrected chi connectivity index (χ3v) is 3.95. The first-order valence-electron chi connectivity index (χ1n) is 6.75. The standard InChI is InChI=1S/C16H22N2S/c1-12(2)8-13-4-3-5-15(9-13)16(18-17)10-14-6-7-19-11-14/h3-7,9,11-12,16,18H,8,10,17H2,1-2H3. The Bertz CT molecular complexity index is 491. The first-order valence-corrected chi connectivity index (χ1v) is 7.69. The Kier molecular flexibility index (Phi) is 5.14. The quantitative estimate of drug-likeness (QED) is 0.623. The highest BCUT2D eigenvalue weighted by Crippen LogP contribution is 2.21. The highest BCUT2D eigenvalue weighted by molar-refractivity contribution is 7.07. The topological polar surface area (TPSA) is 38.0 Å². The zero-order chi connectivity index (χ0) is 13.7. The van der Waals surface area contributed by atoms with Gasteiger partial charge in [0.05, 0.1) is 6.04 Å². The van der Waals surface area contributed by atoms with Crippen molar-refractivity contribution >= 4 is 11.3 Å². The number of hydrazine groups is 1.